The first kappa shape index (κ1) is 16.0. The molecule has 0 saturated heterocycles. The SMILES string of the molecule is CCn1nccc1-c1cccc(-c2noc(C3(c4ccccc4)CC3)n2)c1. The summed E-state index contributed by atoms with van der Waals surface area (Å²) < 4.78 is 7.68. The molecule has 0 atom stereocenters. The van der Waals surface area contributed by atoms with Crippen LogP contribution < -0.4 is 0 Å². The number of rotatable bonds is 5. The van der Waals surface area contributed by atoms with Crippen LogP contribution in [0, 0.1) is 0 Å². The summed E-state index contributed by atoms with van der Waals surface area (Å²) >= 11 is 0. The van der Waals surface area contributed by atoms with Gasteiger partial charge in [-0.3, -0.25) is 4.68 Å². The maximum atomic E-state index is 5.70. The van der Waals surface area contributed by atoms with E-state index in [4.69, 9.17) is 9.51 Å². The second-order valence-corrected chi connectivity index (χ2v) is 6.98. The lowest BCUT2D eigenvalue weighted by molar-refractivity contribution is 0.360. The van der Waals surface area contributed by atoms with Crippen molar-refractivity contribution in [3.05, 3.63) is 78.3 Å². The Kier molecular flexibility index (Phi) is 3.67. The molecule has 2 aromatic carbocycles. The third kappa shape index (κ3) is 2.67. The van der Waals surface area contributed by atoms with Gasteiger partial charge in [0.1, 0.15) is 0 Å². The molecule has 0 amide bonds. The summed E-state index contributed by atoms with van der Waals surface area (Å²) in [4.78, 5) is 4.76. The van der Waals surface area contributed by atoms with Gasteiger partial charge in [-0.2, -0.15) is 10.1 Å². The molecule has 5 heteroatoms. The van der Waals surface area contributed by atoms with Crippen molar-refractivity contribution >= 4 is 0 Å². The van der Waals surface area contributed by atoms with Crippen LogP contribution in [0.4, 0.5) is 0 Å². The smallest absolute Gasteiger partial charge is 0.237 e. The van der Waals surface area contributed by atoms with Crippen molar-refractivity contribution in [1.82, 2.24) is 19.9 Å². The summed E-state index contributed by atoms with van der Waals surface area (Å²) in [6.45, 7) is 2.92. The Morgan fingerprint density at radius 1 is 1.00 bits per heavy atom. The Balaban J connectivity index is 1.50. The number of nitrogens with zero attached hydrogens (tertiary/aromatic N) is 4. The zero-order valence-corrected chi connectivity index (χ0v) is 15.2. The van der Waals surface area contributed by atoms with E-state index in [2.05, 4.69) is 53.6 Å². The van der Waals surface area contributed by atoms with E-state index in [0.717, 1.165) is 36.2 Å². The quantitative estimate of drug-likeness (QED) is 0.520. The molecule has 4 aromatic rings. The second-order valence-electron chi connectivity index (χ2n) is 6.98. The zero-order chi connectivity index (χ0) is 18.3. The van der Waals surface area contributed by atoms with Gasteiger partial charge in [-0.1, -0.05) is 53.7 Å². The van der Waals surface area contributed by atoms with E-state index in [1.807, 2.05) is 35.1 Å². The molecule has 134 valence electrons. The summed E-state index contributed by atoms with van der Waals surface area (Å²) in [6, 6.07) is 20.7. The van der Waals surface area contributed by atoms with Crippen molar-refractivity contribution in [1.29, 1.82) is 0 Å². The summed E-state index contributed by atoms with van der Waals surface area (Å²) in [7, 11) is 0. The number of aromatic nitrogens is 4. The van der Waals surface area contributed by atoms with E-state index in [-0.39, 0.29) is 5.41 Å². The van der Waals surface area contributed by atoms with Gasteiger partial charge < -0.3 is 4.52 Å². The van der Waals surface area contributed by atoms with Crippen LogP contribution in [-0.2, 0) is 12.0 Å². The van der Waals surface area contributed by atoms with Gasteiger partial charge in [-0.15, -0.1) is 0 Å². The van der Waals surface area contributed by atoms with Crippen LogP contribution in [0.3, 0.4) is 0 Å². The van der Waals surface area contributed by atoms with Crippen LogP contribution in [0.5, 0.6) is 0 Å². The molecule has 27 heavy (non-hydrogen) atoms. The van der Waals surface area contributed by atoms with E-state index >= 15 is 0 Å². The van der Waals surface area contributed by atoms with Crippen molar-refractivity contribution in [2.24, 2.45) is 0 Å². The summed E-state index contributed by atoms with van der Waals surface area (Å²) in [6.07, 6.45) is 3.93. The molecular formula is C22H20N4O. The fourth-order valence-electron chi connectivity index (χ4n) is 3.69. The molecule has 0 bridgehead atoms. The van der Waals surface area contributed by atoms with Crippen molar-refractivity contribution in [2.75, 3.05) is 0 Å². The van der Waals surface area contributed by atoms with Gasteiger partial charge in [0.15, 0.2) is 0 Å². The highest BCUT2D eigenvalue weighted by Crippen LogP contribution is 2.52. The Morgan fingerprint density at radius 3 is 2.59 bits per heavy atom. The average Bonchev–Trinajstić information content (AvgIpc) is 3.17. The third-order valence-corrected chi connectivity index (χ3v) is 5.34. The fraction of sp³-hybridized carbons (Fsp3) is 0.227. The number of hydrogen-bond donors (Lipinski definition) is 0. The molecule has 2 aromatic heterocycles. The molecule has 0 N–H and O–H groups in total. The summed E-state index contributed by atoms with van der Waals surface area (Å²) in [5.74, 6) is 1.35. The van der Waals surface area contributed by atoms with Crippen LogP contribution in [-0.4, -0.2) is 19.9 Å². The minimum atomic E-state index is -0.106. The number of hydrogen-bond acceptors (Lipinski definition) is 4. The highest BCUT2D eigenvalue weighted by Gasteiger charge is 2.50. The Labute approximate surface area is 157 Å². The van der Waals surface area contributed by atoms with E-state index in [9.17, 15) is 0 Å². The molecule has 5 rings (SSSR count). The van der Waals surface area contributed by atoms with Crippen LogP contribution in [0.15, 0.2) is 71.4 Å². The van der Waals surface area contributed by atoms with Gasteiger partial charge >= 0.3 is 0 Å². The molecule has 0 aliphatic heterocycles. The normalized spacial score (nSPS) is 15.0. The second kappa shape index (κ2) is 6.20. The first-order valence-electron chi connectivity index (χ1n) is 9.32. The molecule has 1 fully saturated rings. The van der Waals surface area contributed by atoms with Gasteiger partial charge in [0.25, 0.3) is 0 Å². The standard InChI is InChI=1S/C22H20N4O/c1-2-26-19(11-14-23-26)16-7-6-8-17(15-16)20-24-21(27-25-20)22(12-13-22)18-9-4-3-5-10-18/h3-11,14-15H,2,12-13H2,1H3. The fourth-order valence-corrected chi connectivity index (χ4v) is 3.69. The largest absolute Gasteiger partial charge is 0.338 e. The topological polar surface area (TPSA) is 56.7 Å². The monoisotopic (exact) mass is 356 g/mol. The lowest BCUT2D eigenvalue weighted by Gasteiger charge is -2.09. The van der Waals surface area contributed by atoms with Crippen molar-refractivity contribution in [2.45, 2.75) is 31.7 Å². The Morgan fingerprint density at radius 2 is 1.81 bits per heavy atom. The van der Waals surface area contributed by atoms with Crippen molar-refractivity contribution in [3.63, 3.8) is 0 Å². The van der Waals surface area contributed by atoms with Crippen molar-refractivity contribution in [3.8, 4) is 22.6 Å². The lowest BCUT2D eigenvalue weighted by Crippen LogP contribution is -2.08. The zero-order valence-electron chi connectivity index (χ0n) is 15.2. The first-order valence-corrected chi connectivity index (χ1v) is 9.32. The van der Waals surface area contributed by atoms with Crippen LogP contribution in [0.1, 0.15) is 31.2 Å². The minimum Gasteiger partial charge on any atom is -0.338 e. The van der Waals surface area contributed by atoms with E-state index in [1.165, 1.54) is 5.56 Å². The molecule has 0 unspecified atom stereocenters. The highest BCUT2D eigenvalue weighted by atomic mass is 16.5. The number of aryl methyl sites for hydroxylation is 1. The van der Waals surface area contributed by atoms with E-state index in [1.54, 1.807) is 0 Å². The third-order valence-electron chi connectivity index (χ3n) is 5.34. The minimum absolute atomic E-state index is 0.106. The highest BCUT2D eigenvalue weighted by molar-refractivity contribution is 5.68. The Hall–Kier alpha value is -3.21. The molecule has 1 aliphatic carbocycles. The Bertz CT molecular complexity index is 1080. The van der Waals surface area contributed by atoms with Gasteiger partial charge in [-0.05, 0) is 37.5 Å². The lowest BCUT2D eigenvalue weighted by atomic mass is 9.96. The van der Waals surface area contributed by atoms with Crippen LogP contribution in [0.2, 0.25) is 0 Å². The first-order chi connectivity index (χ1) is 13.3. The predicted octanol–water partition coefficient (Wildman–Crippen LogP) is 4.70. The summed E-state index contributed by atoms with van der Waals surface area (Å²) in [5.41, 5.74) is 4.29. The molecule has 1 aliphatic rings. The van der Waals surface area contributed by atoms with E-state index < -0.39 is 0 Å². The van der Waals surface area contributed by atoms with Crippen LogP contribution >= 0.6 is 0 Å². The number of benzene rings is 2. The van der Waals surface area contributed by atoms with E-state index in [0.29, 0.717) is 11.7 Å². The molecule has 2 heterocycles. The van der Waals surface area contributed by atoms with Gasteiger partial charge in [0, 0.05) is 23.9 Å². The molecule has 1 saturated carbocycles. The van der Waals surface area contributed by atoms with Gasteiger partial charge in [0.05, 0.1) is 11.1 Å². The molecular weight excluding hydrogens is 336 g/mol. The van der Waals surface area contributed by atoms with Crippen LogP contribution in [0.25, 0.3) is 22.6 Å². The van der Waals surface area contributed by atoms with Gasteiger partial charge in [-0.25, -0.2) is 0 Å². The molecule has 0 radical (unpaired) electrons. The maximum absolute atomic E-state index is 5.70. The average molecular weight is 356 g/mol. The molecule has 5 nitrogen and oxygen atoms in total. The molecule has 0 spiro atoms. The van der Waals surface area contributed by atoms with Crippen molar-refractivity contribution < 1.29 is 4.52 Å². The van der Waals surface area contributed by atoms with Gasteiger partial charge in [0.2, 0.25) is 11.7 Å². The predicted molar refractivity (Wildman–Crippen MR) is 103 cm³/mol. The summed E-state index contributed by atoms with van der Waals surface area (Å²) in [5, 5.41) is 8.63. The maximum Gasteiger partial charge on any atom is 0.237 e.